The molecule has 2 heterocycles. The largest absolute Gasteiger partial charge is 0.299 e. The van der Waals surface area contributed by atoms with Gasteiger partial charge in [0.2, 0.25) is 0 Å². The van der Waals surface area contributed by atoms with Crippen molar-refractivity contribution in [3.63, 3.8) is 0 Å². The Balaban J connectivity index is 2.43. The van der Waals surface area contributed by atoms with Crippen LogP contribution in [0.2, 0.25) is 0 Å². The van der Waals surface area contributed by atoms with Crippen molar-refractivity contribution in [3.05, 3.63) is 27.1 Å². The molecule has 3 nitrogen and oxygen atoms in total. The Morgan fingerprint density at radius 2 is 2.18 bits per heavy atom. The van der Waals surface area contributed by atoms with E-state index in [0.717, 1.165) is 28.6 Å². The number of aryl methyl sites for hydroxylation is 3. The monoisotopic (exact) mass is 270 g/mol. The van der Waals surface area contributed by atoms with E-state index in [1.54, 1.807) is 22.2 Å². The predicted molar refractivity (Wildman–Crippen MR) is 73.3 cm³/mol. The first-order valence-electron chi connectivity index (χ1n) is 5.66. The van der Waals surface area contributed by atoms with Gasteiger partial charge in [0.05, 0.1) is 11.7 Å². The van der Waals surface area contributed by atoms with Crippen LogP contribution in [0.5, 0.6) is 0 Å². The molecule has 0 saturated carbocycles. The van der Waals surface area contributed by atoms with Gasteiger partial charge < -0.3 is 0 Å². The van der Waals surface area contributed by atoms with Crippen LogP contribution in [0.15, 0.2) is 11.1 Å². The van der Waals surface area contributed by atoms with Crippen LogP contribution >= 0.6 is 22.9 Å². The molecular weight excluding hydrogens is 256 g/mol. The summed E-state index contributed by atoms with van der Waals surface area (Å²) >= 11 is 7.21. The molecule has 0 aliphatic rings. The van der Waals surface area contributed by atoms with Crippen molar-refractivity contribution in [2.45, 2.75) is 33.2 Å². The van der Waals surface area contributed by atoms with E-state index in [0.29, 0.717) is 12.4 Å². The van der Waals surface area contributed by atoms with Crippen molar-refractivity contribution < 1.29 is 0 Å². The molecule has 0 amide bonds. The van der Waals surface area contributed by atoms with Crippen LogP contribution in [0.25, 0.3) is 10.2 Å². The zero-order valence-corrected chi connectivity index (χ0v) is 11.6. The molecule has 5 heteroatoms. The minimum Gasteiger partial charge on any atom is -0.299 e. The summed E-state index contributed by atoms with van der Waals surface area (Å²) in [5.41, 5.74) is 1.14. The lowest BCUT2D eigenvalue weighted by molar-refractivity contribution is 0.610. The minimum atomic E-state index is 0.0754. The van der Waals surface area contributed by atoms with Gasteiger partial charge in [-0.2, -0.15) is 0 Å². The smallest absolute Gasteiger partial charge is 0.262 e. The highest BCUT2D eigenvalue weighted by Gasteiger charge is 2.11. The molecule has 2 aromatic heterocycles. The second-order valence-corrected chi connectivity index (χ2v) is 5.68. The third-order valence-electron chi connectivity index (χ3n) is 2.94. The van der Waals surface area contributed by atoms with Crippen LogP contribution in [0.1, 0.15) is 23.3 Å². The average molecular weight is 271 g/mol. The molecule has 0 aliphatic carbocycles. The van der Waals surface area contributed by atoms with E-state index < -0.39 is 0 Å². The Morgan fingerprint density at radius 3 is 2.88 bits per heavy atom. The maximum Gasteiger partial charge on any atom is 0.262 e. The first kappa shape index (κ1) is 12.6. The number of unbranched alkanes of at least 4 members (excludes halogenated alkanes) is 1. The quantitative estimate of drug-likeness (QED) is 0.632. The maximum absolute atomic E-state index is 12.3. The van der Waals surface area contributed by atoms with Crippen molar-refractivity contribution in [3.8, 4) is 0 Å². The molecule has 0 atom stereocenters. The first-order chi connectivity index (χ1) is 8.15. The van der Waals surface area contributed by atoms with E-state index in [1.807, 2.05) is 13.8 Å². The van der Waals surface area contributed by atoms with Crippen molar-refractivity contribution in [2.75, 3.05) is 5.88 Å². The topological polar surface area (TPSA) is 34.9 Å². The fourth-order valence-electron chi connectivity index (χ4n) is 1.81. The van der Waals surface area contributed by atoms with Crippen molar-refractivity contribution in [1.82, 2.24) is 9.55 Å². The Morgan fingerprint density at radius 1 is 1.41 bits per heavy atom. The Labute approximate surface area is 109 Å². The van der Waals surface area contributed by atoms with Crippen LogP contribution in [0.3, 0.4) is 0 Å². The van der Waals surface area contributed by atoms with E-state index in [1.165, 1.54) is 4.88 Å². The van der Waals surface area contributed by atoms with Gasteiger partial charge in [-0.25, -0.2) is 4.98 Å². The summed E-state index contributed by atoms with van der Waals surface area (Å²) in [5.74, 6) is 0.640. The summed E-state index contributed by atoms with van der Waals surface area (Å²) in [6.45, 7) is 4.71. The minimum absolute atomic E-state index is 0.0754. The van der Waals surface area contributed by atoms with E-state index in [2.05, 4.69) is 4.98 Å². The third kappa shape index (κ3) is 2.38. The number of rotatable bonds is 4. The van der Waals surface area contributed by atoms with Crippen LogP contribution < -0.4 is 5.56 Å². The number of nitrogens with zero attached hydrogens (tertiary/aromatic N) is 2. The van der Waals surface area contributed by atoms with Crippen LogP contribution in [0, 0.1) is 13.8 Å². The highest BCUT2D eigenvalue weighted by molar-refractivity contribution is 7.18. The van der Waals surface area contributed by atoms with Gasteiger partial charge in [0.1, 0.15) is 4.83 Å². The summed E-state index contributed by atoms with van der Waals surface area (Å²) < 4.78 is 1.69. The predicted octanol–water partition coefficient (Wildman–Crippen LogP) is 3.09. The van der Waals surface area contributed by atoms with E-state index in [4.69, 9.17) is 11.6 Å². The number of hydrogen-bond acceptors (Lipinski definition) is 3. The summed E-state index contributed by atoms with van der Waals surface area (Å²) in [5, 5.41) is 0.779. The van der Waals surface area contributed by atoms with Gasteiger partial charge in [-0.3, -0.25) is 9.36 Å². The van der Waals surface area contributed by atoms with E-state index in [9.17, 15) is 4.79 Å². The highest BCUT2D eigenvalue weighted by atomic mass is 35.5. The molecule has 17 heavy (non-hydrogen) atoms. The summed E-state index contributed by atoms with van der Waals surface area (Å²) in [6, 6.07) is 0. The Kier molecular flexibility index (Phi) is 3.84. The van der Waals surface area contributed by atoms with Crippen LogP contribution in [-0.2, 0) is 6.54 Å². The zero-order chi connectivity index (χ0) is 12.4. The highest BCUT2D eigenvalue weighted by Crippen LogP contribution is 2.25. The van der Waals surface area contributed by atoms with Gasteiger partial charge in [0.25, 0.3) is 5.56 Å². The number of fused-ring (bicyclic) bond motifs is 1. The molecular formula is C12H15ClN2OS. The van der Waals surface area contributed by atoms with Gasteiger partial charge in [-0.1, -0.05) is 0 Å². The molecule has 0 bridgehead atoms. The molecule has 0 radical (unpaired) electrons. The van der Waals surface area contributed by atoms with E-state index in [-0.39, 0.29) is 5.56 Å². The molecule has 0 unspecified atom stereocenters. The lowest BCUT2D eigenvalue weighted by Crippen LogP contribution is -2.20. The first-order valence-corrected chi connectivity index (χ1v) is 7.01. The number of thiophene rings is 1. The fourth-order valence-corrected chi connectivity index (χ4v) is 2.98. The normalized spacial score (nSPS) is 11.2. The van der Waals surface area contributed by atoms with Crippen LogP contribution in [-0.4, -0.2) is 15.4 Å². The summed E-state index contributed by atoms with van der Waals surface area (Å²) in [6.07, 6.45) is 3.49. The molecule has 0 spiro atoms. The third-order valence-corrected chi connectivity index (χ3v) is 4.32. The Bertz CT molecular complexity index is 588. The van der Waals surface area contributed by atoms with Crippen molar-refractivity contribution in [1.29, 1.82) is 0 Å². The van der Waals surface area contributed by atoms with Crippen molar-refractivity contribution in [2.24, 2.45) is 0 Å². The standard InChI is InChI=1S/C12H15ClN2OS/c1-8-9(2)17-11-10(8)12(16)15(7-14-11)6-4-3-5-13/h7H,3-6H2,1-2H3. The second kappa shape index (κ2) is 5.19. The lowest BCUT2D eigenvalue weighted by atomic mass is 10.2. The number of alkyl halides is 1. The van der Waals surface area contributed by atoms with Gasteiger partial charge >= 0.3 is 0 Å². The lowest BCUT2D eigenvalue weighted by Gasteiger charge is -2.04. The molecule has 0 aromatic carbocycles. The Hall–Kier alpha value is -0.870. The number of aromatic nitrogens is 2. The van der Waals surface area contributed by atoms with Gasteiger partial charge in [-0.05, 0) is 32.3 Å². The maximum atomic E-state index is 12.3. The summed E-state index contributed by atoms with van der Waals surface area (Å²) in [7, 11) is 0. The fraction of sp³-hybridized carbons (Fsp3) is 0.500. The SMILES string of the molecule is Cc1sc2ncn(CCCCCl)c(=O)c2c1C. The van der Waals surface area contributed by atoms with E-state index >= 15 is 0 Å². The molecule has 0 fully saturated rings. The van der Waals surface area contributed by atoms with Gasteiger partial charge in [0.15, 0.2) is 0 Å². The molecule has 2 aromatic rings. The van der Waals surface area contributed by atoms with Crippen LogP contribution in [0.4, 0.5) is 0 Å². The number of halogens is 1. The summed E-state index contributed by atoms with van der Waals surface area (Å²) in [4.78, 5) is 18.6. The molecule has 2 rings (SSSR count). The molecule has 92 valence electrons. The van der Waals surface area contributed by atoms with Crippen molar-refractivity contribution >= 4 is 33.2 Å². The zero-order valence-electron chi connectivity index (χ0n) is 9.99. The molecule has 0 saturated heterocycles. The molecule has 0 aliphatic heterocycles. The molecule has 0 N–H and O–H groups in total. The van der Waals surface area contributed by atoms with Gasteiger partial charge in [0, 0.05) is 17.3 Å². The average Bonchev–Trinajstić information content (AvgIpc) is 2.59. The number of hydrogen-bond donors (Lipinski definition) is 0. The second-order valence-electron chi connectivity index (χ2n) is 4.10. The van der Waals surface area contributed by atoms with Gasteiger partial charge in [-0.15, -0.1) is 22.9 Å².